The molecule has 1 heterocycles. The van der Waals surface area contributed by atoms with Gasteiger partial charge in [-0.1, -0.05) is 32.9 Å². The van der Waals surface area contributed by atoms with E-state index < -0.39 is 0 Å². The lowest BCUT2D eigenvalue weighted by Crippen LogP contribution is -2.26. The lowest BCUT2D eigenvalue weighted by atomic mass is 9.72. The monoisotopic (exact) mass is 368 g/mol. The van der Waals surface area contributed by atoms with E-state index in [1.807, 2.05) is 6.21 Å². The standard InChI is InChI=1S/C21H24N2S2/c1-21(2,3)15-7-10-17-18(12-22)20(25-19(17)11-15)23-13-14-5-8-16(24-4)9-6-14/h5-6,8-9,13,15H,7,10-11H2,1-4H3/t15-/m0/s1. The van der Waals surface area contributed by atoms with Crippen LogP contribution in [0.3, 0.4) is 0 Å². The molecule has 1 atom stereocenters. The van der Waals surface area contributed by atoms with Gasteiger partial charge >= 0.3 is 0 Å². The van der Waals surface area contributed by atoms with E-state index in [1.165, 1.54) is 21.8 Å². The van der Waals surface area contributed by atoms with Crippen LogP contribution < -0.4 is 0 Å². The number of thioether (sulfide) groups is 1. The largest absolute Gasteiger partial charge is 0.244 e. The van der Waals surface area contributed by atoms with Crippen LogP contribution in [0.1, 0.15) is 48.8 Å². The molecular formula is C21H24N2S2. The smallest absolute Gasteiger partial charge is 0.134 e. The highest BCUT2D eigenvalue weighted by molar-refractivity contribution is 7.98. The van der Waals surface area contributed by atoms with E-state index in [-0.39, 0.29) is 0 Å². The molecule has 0 unspecified atom stereocenters. The molecule has 130 valence electrons. The first-order chi connectivity index (χ1) is 11.9. The first-order valence-corrected chi connectivity index (χ1v) is 10.7. The molecule has 1 aromatic carbocycles. The molecule has 0 bridgehead atoms. The van der Waals surface area contributed by atoms with Crippen molar-refractivity contribution in [2.45, 2.75) is 44.9 Å². The molecule has 4 heteroatoms. The third kappa shape index (κ3) is 3.99. The van der Waals surface area contributed by atoms with Gasteiger partial charge in [0.2, 0.25) is 0 Å². The van der Waals surface area contributed by atoms with Crippen molar-refractivity contribution in [1.82, 2.24) is 0 Å². The van der Waals surface area contributed by atoms with Crippen molar-refractivity contribution in [3.8, 4) is 6.07 Å². The van der Waals surface area contributed by atoms with Gasteiger partial charge in [0.15, 0.2) is 0 Å². The van der Waals surface area contributed by atoms with Gasteiger partial charge in [0.1, 0.15) is 11.1 Å². The first kappa shape index (κ1) is 18.2. The summed E-state index contributed by atoms with van der Waals surface area (Å²) in [7, 11) is 0. The topological polar surface area (TPSA) is 36.1 Å². The Hall–Kier alpha value is -1.57. The third-order valence-electron chi connectivity index (χ3n) is 5.03. The number of aliphatic imine (C=N–C) groups is 1. The quantitative estimate of drug-likeness (QED) is 0.474. The zero-order chi connectivity index (χ0) is 18.0. The van der Waals surface area contributed by atoms with E-state index in [1.54, 1.807) is 23.1 Å². The molecule has 0 aliphatic heterocycles. The van der Waals surface area contributed by atoms with Crippen molar-refractivity contribution < 1.29 is 0 Å². The van der Waals surface area contributed by atoms with Gasteiger partial charge in [-0.3, -0.25) is 0 Å². The van der Waals surface area contributed by atoms with Crippen LogP contribution in [0.15, 0.2) is 34.2 Å². The van der Waals surface area contributed by atoms with Gasteiger partial charge < -0.3 is 0 Å². The molecule has 1 aliphatic carbocycles. The summed E-state index contributed by atoms with van der Waals surface area (Å²) in [5.74, 6) is 0.682. The lowest BCUT2D eigenvalue weighted by Gasteiger charge is -2.33. The van der Waals surface area contributed by atoms with E-state index in [9.17, 15) is 5.26 Å². The summed E-state index contributed by atoms with van der Waals surface area (Å²) < 4.78 is 0. The summed E-state index contributed by atoms with van der Waals surface area (Å²) in [5.41, 5.74) is 3.43. The molecule has 1 aliphatic rings. The maximum Gasteiger partial charge on any atom is 0.134 e. The summed E-state index contributed by atoms with van der Waals surface area (Å²) in [6, 6.07) is 10.8. The fourth-order valence-corrected chi connectivity index (χ4v) is 4.97. The SMILES string of the molecule is CSc1ccc(C=Nc2sc3c(c2C#N)CC[C@H](C(C)(C)C)C3)cc1. The second-order valence-corrected chi connectivity index (χ2v) is 9.60. The Labute approximate surface area is 159 Å². The molecule has 1 aromatic heterocycles. The van der Waals surface area contributed by atoms with Gasteiger partial charge in [-0.05, 0) is 60.1 Å². The molecule has 0 radical (unpaired) electrons. The average Bonchev–Trinajstić information content (AvgIpc) is 2.96. The van der Waals surface area contributed by atoms with Crippen molar-refractivity contribution in [1.29, 1.82) is 5.26 Å². The second-order valence-electron chi connectivity index (χ2n) is 7.63. The van der Waals surface area contributed by atoms with Crippen LogP contribution >= 0.6 is 23.1 Å². The highest BCUT2D eigenvalue weighted by atomic mass is 32.2. The summed E-state index contributed by atoms with van der Waals surface area (Å²) >= 11 is 3.44. The minimum absolute atomic E-state index is 0.316. The molecule has 0 saturated heterocycles. The number of nitrogens with zero attached hydrogens (tertiary/aromatic N) is 2. The Morgan fingerprint density at radius 3 is 2.60 bits per heavy atom. The van der Waals surface area contributed by atoms with Gasteiger partial charge in [0.05, 0.1) is 5.56 Å². The number of nitriles is 1. The number of hydrogen-bond acceptors (Lipinski definition) is 4. The van der Waals surface area contributed by atoms with Gasteiger partial charge in [-0.25, -0.2) is 4.99 Å². The van der Waals surface area contributed by atoms with Crippen molar-refractivity contribution in [2.24, 2.45) is 16.3 Å². The predicted octanol–water partition coefficient (Wildman–Crippen LogP) is 6.24. The minimum Gasteiger partial charge on any atom is -0.244 e. The van der Waals surface area contributed by atoms with Crippen molar-refractivity contribution in [3.05, 3.63) is 45.8 Å². The number of rotatable bonds is 3. The van der Waals surface area contributed by atoms with Crippen LogP contribution in [0, 0.1) is 22.7 Å². The molecule has 0 saturated carbocycles. The molecule has 2 aromatic rings. The first-order valence-electron chi connectivity index (χ1n) is 8.65. The fourth-order valence-electron chi connectivity index (χ4n) is 3.34. The van der Waals surface area contributed by atoms with Crippen LogP contribution in [0.25, 0.3) is 0 Å². The van der Waals surface area contributed by atoms with Gasteiger partial charge in [0.25, 0.3) is 0 Å². The Morgan fingerprint density at radius 2 is 2.00 bits per heavy atom. The van der Waals surface area contributed by atoms with Crippen LogP contribution in [0.5, 0.6) is 0 Å². The van der Waals surface area contributed by atoms with Gasteiger partial charge in [0, 0.05) is 16.0 Å². The summed E-state index contributed by atoms with van der Waals surface area (Å²) in [5, 5.41) is 10.5. The number of benzene rings is 1. The molecule has 0 fully saturated rings. The zero-order valence-corrected chi connectivity index (χ0v) is 16.9. The van der Waals surface area contributed by atoms with Gasteiger partial charge in [-0.2, -0.15) is 5.26 Å². The van der Waals surface area contributed by atoms with Crippen LogP contribution in [0.2, 0.25) is 0 Å². The van der Waals surface area contributed by atoms with Crippen LogP contribution in [0.4, 0.5) is 5.00 Å². The number of thiophene rings is 1. The zero-order valence-electron chi connectivity index (χ0n) is 15.3. The summed E-state index contributed by atoms with van der Waals surface area (Å²) in [6.45, 7) is 6.95. The average molecular weight is 369 g/mol. The molecule has 3 rings (SSSR count). The third-order valence-corrected chi connectivity index (χ3v) is 6.94. The Morgan fingerprint density at radius 1 is 1.28 bits per heavy atom. The van der Waals surface area contributed by atoms with Crippen LogP contribution in [-0.4, -0.2) is 12.5 Å². The number of hydrogen-bond donors (Lipinski definition) is 0. The Bertz CT molecular complexity index is 817. The van der Waals surface area contributed by atoms with E-state index in [4.69, 9.17) is 0 Å². The highest BCUT2D eigenvalue weighted by Crippen LogP contribution is 2.44. The van der Waals surface area contributed by atoms with Crippen molar-refractivity contribution in [2.75, 3.05) is 6.26 Å². The van der Waals surface area contributed by atoms with E-state index >= 15 is 0 Å². The molecule has 0 amide bonds. The minimum atomic E-state index is 0.316. The van der Waals surface area contributed by atoms with Crippen molar-refractivity contribution in [3.63, 3.8) is 0 Å². The predicted molar refractivity (Wildman–Crippen MR) is 109 cm³/mol. The Kier molecular flexibility index (Phi) is 5.36. The van der Waals surface area contributed by atoms with Crippen molar-refractivity contribution >= 4 is 34.3 Å². The van der Waals surface area contributed by atoms with E-state index in [0.717, 1.165) is 29.0 Å². The van der Waals surface area contributed by atoms with E-state index in [2.05, 4.69) is 62.4 Å². The molecular weight excluding hydrogens is 344 g/mol. The lowest BCUT2D eigenvalue weighted by molar-refractivity contribution is 0.218. The molecule has 2 nitrogen and oxygen atoms in total. The highest BCUT2D eigenvalue weighted by Gasteiger charge is 2.32. The normalized spacial score (nSPS) is 17.5. The maximum absolute atomic E-state index is 9.63. The maximum atomic E-state index is 9.63. The van der Waals surface area contributed by atoms with Crippen LogP contribution in [-0.2, 0) is 12.8 Å². The summed E-state index contributed by atoms with van der Waals surface area (Å²) in [6.07, 6.45) is 7.21. The fraction of sp³-hybridized carbons (Fsp3) is 0.429. The molecule has 0 N–H and O–H groups in total. The van der Waals surface area contributed by atoms with E-state index in [0.29, 0.717) is 11.3 Å². The number of fused-ring (bicyclic) bond motifs is 1. The van der Waals surface area contributed by atoms with Gasteiger partial charge in [-0.15, -0.1) is 23.1 Å². The second kappa shape index (κ2) is 7.35. The molecule has 0 spiro atoms. The molecule has 25 heavy (non-hydrogen) atoms. The Balaban J connectivity index is 1.86. The summed E-state index contributed by atoms with van der Waals surface area (Å²) in [4.78, 5) is 7.27.